The summed E-state index contributed by atoms with van der Waals surface area (Å²) in [6.45, 7) is 11.2. The Balaban J connectivity index is 1.97. The Bertz CT molecular complexity index is 584. The molecule has 128 valence electrons. The topological polar surface area (TPSA) is 44.8 Å². The van der Waals surface area contributed by atoms with Crippen LogP contribution in [0.2, 0.25) is 13.1 Å². The number of benzene rings is 1. The van der Waals surface area contributed by atoms with Gasteiger partial charge in [0.2, 0.25) is 0 Å². The average Bonchev–Trinajstić information content (AvgIpc) is 2.50. The number of phosphoric ester groups is 1. The molecular weight excluding hydrogens is 327 g/mol. The minimum absolute atomic E-state index is 0.126. The second kappa shape index (κ2) is 7.04. The molecule has 2 rings (SSSR count). The third-order valence-corrected chi connectivity index (χ3v) is 8.15. The summed E-state index contributed by atoms with van der Waals surface area (Å²) < 4.78 is 28.7. The summed E-state index contributed by atoms with van der Waals surface area (Å²) in [5.41, 5.74) is 2.08. The molecule has 0 aliphatic carbocycles. The minimum Gasteiger partial charge on any atom is -0.286 e. The lowest BCUT2D eigenvalue weighted by Gasteiger charge is -2.33. The van der Waals surface area contributed by atoms with Gasteiger partial charge in [0.1, 0.15) is 8.07 Å². The van der Waals surface area contributed by atoms with Gasteiger partial charge >= 0.3 is 7.82 Å². The molecule has 0 N–H and O–H groups in total. The second-order valence-electron chi connectivity index (χ2n) is 7.42. The van der Waals surface area contributed by atoms with Crippen molar-refractivity contribution < 1.29 is 18.1 Å². The maximum absolute atomic E-state index is 12.4. The fraction of sp³-hybridized carbons (Fsp3) is 0.529. The highest BCUT2D eigenvalue weighted by Gasteiger charge is 2.39. The first-order valence-electron chi connectivity index (χ1n) is 7.94. The first-order chi connectivity index (χ1) is 10.6. The molecule has 1 aliphatic heterocycles. The number of rotatable bonds is 5. The number of hydrogen-bond donors (Lipinski definition) is 0. The van der Waals surface area contributed by atoms with Gasteiger partial charge in [-0.2, -0.15) is 0 Å². The normalized spacial score (nSPS) is 22.1. The summed E-state index contributed by atoms with van der Waals surface area (Å²) >= 11 is 0. The summed E-state index contributed by atoms with van der Waals surface area (Å²) in [5, 5.41) is 1.35. The van der Waals surface area contributed by atoms with Crippen LogP contribution in [0.4, 0.5) is 0 Å². The van der Waals surface area contributed by atoms with Gasteiger partial charge in [-0.1, -0.05) is 74.2 Å². The van der Waals surface area contributed by atoms with E-state index in [1.165, 1.54) is 5.19 Å². The number of phosphoric acid groups is 1. The van der Waals surface area contributed by atoms with Gasteiger partial charge in [0, 0.05) is 5.41 Å². The first-order valence-corrected chi connectivity index (χ1v) is 12.5. The monoisotopic (exact) mass is 354 g/mol. The Labute approximate surface area is 140 Å². The van der Waals surface area contributed by atoms with Crippen LogP contribution >= 0.6 is 7.82 Å². The predicted molar refractivity (Wildman–Crippen MR) is 96.5 cm³/mol. The molecule has 0 bridgehead atoms. The Morgan fingerprint density at radius 3 is 2.35 bits per heavy atom. The molecule has 0 aromatic heterocycles. The van der Waals surface area contributed by atoms with Crippen LogP contribution in [0.25, 0.3) is 0 Å². The fourth-order valence-electron chi connectivity index (χ4n) is 2.23. The molecule has 0 spiro atoms. The Hall–Kier alpha value is -0.713. The zero-order chi connectivity index (χ0) is 17.1. The van der Waals surface area contributed by atoms with Gasteiger partial charge in [-0.15, -0.1) is 0 Å². The van der Waals surface area contributed by atoms with E-state index in [0.29, 0.717) is 13.2 Å². The summed E-state index contributed by atoms with van der Waals surface area (Å²) in [7, 11) is -5.13. The molecular formula is C17H27O4PSi. The lowest BCUT2D eigenvalue weighted by molar-refractivity contribution is -0.00397. The van der Waals surface area contributed by atoms with Gasteiger partial charge in [-0.05, 0) is 6.92 Å². The van der Waals surface area contributed by atoms with E-state index in [2.05, 4.69) is 43.1 Å². The quantitative estimate of drug-likeness (QED) is 0.585. The molecule has 1 fully saturated rings. The van der Waals surface area contributed by atoms with Gasteiger partial charge in [0.05, 0.1) is 19.3 Å². The van der Waals surface area contributed by atoms with E-state index in [-0.39, 0.29) is 11.5 Å². The van der Waals surface area contributed by atoms with E-state index in [9.17, 15) is 4.57 Å². The average molecular weight is 354 g/mol. The SMILES string of the molecule is C[C@@H](/C=C\[Si](C)(C)c1ccccc1)OP1(=O)OCC(C)(C)CO1. The maximum Gasteiger partial charge on any atom is 0.475 e. The summed E-state index contributed by atoms with van der Waals surface area (Å²) in [5.74, 6) is 0. The Morgan fingerprint density at radius 1 is 1.22 bits per heavy atom. The van der Waals surface area contributed by atoms with E-state index in [1.807, 2.05) is 32.9 Å². The first kappa shape index (κ1) is 18.6. The molecule has 0 unspecified atom stereocenters. The zero-order valence-electron chi connectivity index (χ0n) is 14.6. The van der Waals surface area contributed by atoms with Gasteiger partial charge in [0.15, 0.2) is 0 Å². The maximum atomic E-state index is 12.4. The van der Waals surface area contributed by atoms with Crippen LogP contribution in [0.1, 0.15) is 20.8 Å². The van der Waals surface area contributed by atoms with E-state index in [1.54, 1.807) is 0 Å². The Morgan fingerprint density at radius 2 is 1.78 bits per heavy atom. The zero-order valence-corrected chi connectivity index (χ0v) is 16.5. The molecule has 0 radical (unpaired) electrons. The van der Waals surface area contributed by atoms with Crippen molar-refractivity contribution in [1.82, 2.24) is 0 Å². The summed E-state index contributed by atoms with van der Waals surface area (Å²) in [6.07, 6.45) is 1.64. The molecule has 1 aliphatic rings. The van der Waals surface area contributed by atoms with E-state index in [0.717, 1.165) is 0 Å². The highest BCUT2D eigenvalue weighted by atomic mass is 31.2. The van der Waals surface area contributed by atoms with Crippen LogP contribution in [0.3, 0.4) is 0 Å². The fourth-order valence-corrected chi connectivity index (χ4v) is 5.91. The van der Waals surface area contributed by atoms with Crippen molar-refractivity contribution in [3.63, 3.8) is 0 Å². The van der Waals surface area contributed by atoms with Crippen molar-refractivity contribution in [2.24, 2.45) is 5.41 Å². The standard InChI is InChI=1S/C17H27O4PSi/c1-15(21-22(18)19-13-17(2,3)14-20-22)11-12-23(4,5)16-9-7-6-8-10-16/h6-12,15H,13-14H2,1-5H3/b12-11-/t15-/m0/s1. The van der Waals surface area contributed by atoms with Crippen LogP contribution < -0.4 is 5.19 Å². The molecule has 4 nitrogen and oxygen atoms in total. The van der Waals surface area contributed by atoms with Crippen LogP contribution in [0.5, 0.6) is 0 Å². The van der Waals surface area contributed by atoms with Gasteiger partial charge in [0.25, 0.3) is 0 Å². The minimum atomic E-state index is -3.44. The van der Waals surface area contributed by atoms with Crippen LogP contribution in [-0.2, 0) is 18.1 Å². The van der Waals surface area contributed by atoms with E-state index < -0.39 is 15.9 Å². The highest BCUT2D eigenvalue weighted by Crippen LogP contribution is 2.55. The molecule has 1 atom stereocenters. The van der Waals surface area contributed by atoms with E-state index in [4.69, 9.17) is 13.6 Å². The van der Waals surface area contributed by atoms with Crippen molar-refractivity contribution in [3.05, 3.63) is 42.1 Å². The smallest absolute Gasteiger partial charge is 0.286 e. The molecule has 0 saturated carbocycles. The molecule has 1 aromatic carbocycles. The lowest BCUT2D eigenvalue weighted by Crippen LogP contribution is -2.39. The third-order valence-electron chi connectivity index (χ3n) is 3.82. The second-order valence-corrected chi connectivity index (χ2v) is 13.4. The predicted octanol–water partition coefficient (Wildman–Crippen LogP) is 4.28. The van der Waals surface area contributed by atoms with Gasteiger partial charge < -0.3 is 0 Å². The van der Waals surface area contributed by atoms with Crippen LogP contribution in [0, 0.1) is 5.41 Å². The van der Waals surface area contributed by atoms with Crippen molar-refractivity contribution >= 4 is 21.1 Å². The van der Waals surface area contributed by atoms with Crippen molar-refractivity contribution in [3.8, 4) is 0 Å². The summed E-state index contributed by atoms with van der Waals surface area (Å²) in [4.78, 5) is 0. The molecule has 6 heteroatoms. The van der Waals surface area contributed by atoms with Crippen LogP contribution in [-0.4, -0.2) is 27.4 Å². The molecule has 1 heterocycles. The lowest BCUT2D eigenvalue weighted by atomic mass is 9.97. The highest BCUT2D eigenvalue weighted by molar-refractivity contribution is 7.48. The molecule has 1 aromatic rings. The largest absolute Gasteiger partial charge is 0.475 e. The van der Waals surface area contributed by atoms with Crippen molar-refractivity contribution in [2.45, 2.75) is 40.0 Å². The van der Waals surface area contributed by atoms with Crippen LogP contribution in [0.15, 0.2) is 42.1 Å². The van der Waals surface area contributed by atoms with E-state index >= 15 is 0 Å². The number of hydrogen-bond acceptors (Lipinski definition) is 4. The molecule has 23 heavy (non-hydrogen) atoms. The third kappa shape index (κ3) is 5.40. The van der Waals surface area contributed by atoms with Gasteiger partial charge in [-0.25, -0.2) is 4.57 Å². The van der Waals surface area contributed by atoms with Crippen molar-refractivity contribution in [2.75, 3.05) is 13.2 Å². The Kier molecular flexibility index (Phi) is 5.70. The molecule has 0 amide bonds. The summed E-state index contributed by atoms with van der Waals surface area (Å²) in [6, 6.07) is 10.4. The van der Waals surface area contributed by atoms with Crippen molar-refractivity contribution in [1.29, 1.82) is 0 Å². The molecule has 1 saturated heterocycles. The van der Waals surface area contributed by atoms with Gasteiger partial charge in [-0.3, -0.25) is 13.6 Å².